The van der Waals surface area contributed by atoms with Crippen LogP contribution in [0, 0.1) is 5.82 Å². The Morgan fingerprint density at radius 3 is 2.76 bits per heavy atom. The lowest BCUT2D eigenvalue weighted by Gasteiger charge is -2.07. The maximum absolute atomic E-state index is 13.4. The molecule has 102 valence electrons. The minimum absolute atomic E-state index is 0.205. The van der Waals surface area contributed by atoms with E-state index < -0.39 is 5.82 Å². The van der Waals surface area contributed by atoms with E-state index in [1.807, 2.05) is 24.3 Å². The van der Waals surface area contributed by atoms with Crippen LogP contribution in [0.4, 0.5) is 10.2 Å². The second-order valence-corrected chi connectivity index (χ2v) is 5.84. The zero-order chi connectivity index (χ0) is 14.6. The first-order chi connectivity index (χ1) is 10.1. The van der Waals surface area contributed by atoms with Gasteiger partial charge in [-0.3, -0.25) is 4.79 Å². The van der Waals surface area contributed by atoms with Gasteiger partial charge in [-0.2, -0.15) is 0 Å². The average Bonchev–Trinajstić information content (AvgIpc) is 2.48. The predicted molar refractivity (Wildman–Crippen MR) is 85.3 cm³/mol. The summed E-state index contributed by atoms with van der Waals surface area (Å²) in [5.41, 5.74) is 6.46. The lowest BCUT2D eigenvalue weighted by molar-refractivity contribution is 0.630. The minimum atomic E-state index is -0.419. The molecule has 0 radical (unpaired) electrons. The van der Waals surface area contributed by atoms with Crippen molar-refractivity contribution in [3.63, 3.8) is 0 Å². The van der Waals surface area contributed by atoms with Crippen molar-refractivity contribution in [2.24, 2.45) is 0 Å². The number of anilines is 1. The van der Waals surface area contributed by atoms with Crippen molar-refractivity contribution in [1.29, 1.82) is 0 Å². The molecule has 0 aliphatic rings. The highest BCUT2D eigenvalue weighted by Crippen LogP contribution is 2.32. The lowest BCUT2D eigenvalue weighted by Crippen LogP contribution is -2.05. The molecule has 0 fully saturated rings. The van der Waals surface area contributed by atoms with E-state index in [9.17, 15) is 9.18 Å². The third-order valence-corrected chi connectivity index (χ3v) is 4.69. The normalized spacial score (nSPS) is 11.5. The standard InChI is InChI=1S/C16H9FN2OS/c17-8-5-6-12-10(7-8)14(20)13-9-3-1-2-4-11(9)19-16(18)15(13)21-12/h1-7H,(H2,18,19). The quantitative estimate of drug-likeness (QED) is 0.398. The summed E-state index contributed by atoms with van der Waals surface area (Å²) in [4.78, 5) is 17.1. The van der Waals surface area contributed by atoms with Crippen LogP contribution in [0.25, 0.3) is 31.1 Å². The number of nitrogens with two attached hydrogens (primary N) is 1. The van der Waals surface area contributed by atoms with Gasteiger partial charge in [-0.15, -0.1) is 11.3 Å². The van der Waals surface area contributed by atoms with Gasteiger partial charge in [0, 0.05) is 15.5 Å². The van der Waals surface area contributed by atoms with Gasteiger partial charge in [0.1, 0.15) is 11.6 Å². The summed E-state index contributed by atoms with van der Waals surface area (Å²) in [5, 5.41) is 1.64. The number of aromatic nitrogens is 1. The van der Waals surface area contributed by atoms with Crippen LogP contribution >= 0.6 is 11.3 Å². The number of halogens is 1. The molecule has 5 heteroatoms. The second-order valence-electron chi connectivity index (χ2n) is 4.79. The highest BCUT2D eigenvalue weighted by molar-refractivity contribution is 7.25. The Bertz CT molecular complexity index is 1090. The van der Waals surface area contributed by atoms with E-state index in [0.29, 0.717) is 31.5 Å². The largest absolute Gasteiger partial charge is 0.382 e. The highest BCUT2D eigenvalue weighted by Gasteiger charge is 2.13. The van der Waals surface area contributed by atoms with E-state index in [1.54, 1.807) is 6.07 Å². The Morgan fingerprint density at radius 1 is 1.10 bits per heavy atom. The fraction of sp³-hybridized carbons (Fsp3) is 0. The van der Waals surface area contributed by atoms with E-state index >= 15 is 0 Å². The summed E-state index contributed by atoms with van der Waals surface area (Å²) in [5.74, 6) is -0.0884. The van der Waals surface area contributed by atoms with Gasteiger partial charge in [0.25, 0.3) is 0 Å². The molecule has 4 aromatic rings. The summed E-state index contributed by atoms with van der Waals surface area (Å²) >= 11 is 1.36. The Kier molecular flexibility index (Phi) is 2.46. The molecule has 21 heavy (non-hydrogen) atoms. The Morgan fingerprint density at radius 2 is 1.90 bits per heavy atom. The molecule has 2 aromatic carbocycles. The summed E-state index contributed by atoms with van der Waals surface area (Å²) in [6, 6.07) is 11.6. The first-order valence-corrected chi connectivity index (χ1v) is 7.17. The van der Waals surface area contributed by atoms with Crippen molar-refractivity contribution in [1.82, 2.24) is 4.98 Å². The monoisotopic (exact) mass is 296 g/mol. The van der Waals surface area contributed by atoms with Crippen LogP contribution in [-0.2, 0) is 0 Å². The minimum Gasteiger partial charge on any atom is -0.382 e. The third kappa shape index (κ3) is 1.71. The SMILES string of the molecule is Nc1nc2ccccc2c2c(=O)c3cc(F)ccc3sc12. The Balaban J connectivity index is 2.37. The van der Waals surface area contributed by atoms with Crippen LogP contribution in [0.3, 0.4) is 0 Å². The number of nitrogen functional groups attached to an aromatic ring is 1. The van der Waals surface area contributed by atoms with E-state index in [2.05, 4.69) is 4.98 Å². The Hall–Kier alpha value is -2.53. The molecule has 0 atom stereocenters. The zero-order valence-electron chi connectivity index (χ0n) is 10.8. The van der Waals surface area contributed by atoms with E-state index in [0.717, 1.165) is 5.39 Å². The van der Waals surface area contributed by atoms with Gasteiger partial charge >= 0.3 is 0 Å². The van der Waals surface area contributed by atoms with Crippen molar-refractivity contribution in [3.8, 4) is 0 Å². The van der Waals surface area contributed by atoms with Gasteiger partial charge in [-0.05, 0) is 24.3 Å². The molecule has 0 bridgehead atoms. The van der Waals surface area contributed by atoms with E-state index in [-0.39, 0.29) is 5.43 Å². The van der Waals surface area contributed by atoms with Crippen LogP contribution < -0.4 is 11.2 Å². The molecular weight excluding hydrogens is 287 g/mol. The molecule has 2 heterocycles. The molecule has 0 amide bonds. The summed E-state index contributed by atoms with van der Waals surface area (Å²) in [6.45, 7) is 0. The smallest absolute Gasteiger partial charge is 0.196 e. The van der Waals surface area contributed by atoms with Crippen LogP contribution in [-0.4, -0.2) is 4.98 Å². The predicted octanol–water partition coefficient (Wildman–Crippen LogP) is 3.68. The molecule has 2 N–H and O–H groups in total. The third-order valence-electron chi connectivity index (χ3n) is 3.50. The van der Waals surface area contributed by atoms with Crippen molar-refractivity contribution < 1.29 is 4.39 Å². The number of hydrogen-bond donors (Lipinski definition) is 1. The fourth-order valence-electron chi connectivity index (χ4n) is 2.56. The Labute approximate surface area is 122 Å². The van der Waals surface area contributed by atoms with E-state index in [4.69, 9.17) is 5.73 Å². The molecule has 2 aromatic heterocycles. The number of benzene rings is 2. The van der Waals surface area contributed by atoms with Crippen LogP contribution in [0.1, 0.15) is 0 Å². The van der Waals surface area contributed by atoms with Crippen molar-refractivity contribution >= 4 is 48.2 Å². The average molecular weight is 296 g/mol. The van der Waals surface area contributed by atoms with Crippen LogP contribution in [0.2, 0.25) is 0 Å². The fourth-order valence-corrected chi connectivity index (χ4v) is 3.63. The van der Waals surface area contributed by atoms with Gasteiger partial charge in [-0.1, -0.05) is 18.2 Å². The summed E-state index contributed by atoms with van der Waals surface area (Å²) < 4.78 is 14.8. The number of fused-ring (bicyclic) bond motifs is 4. The highest BCUT2D eigenvalue weighted by atomic mass is 32.1. The maximum Gasteiger partial charge on any atom is 0.196 e. The summed E-state index contributed by atoms with van der Waals surface area (Å²) in [7, 11) is 0. The molecule has 0 aliphatic heterocycles. The van der Waals surface area contributed by atoms with Crippen molar-refractivity contribution in [2.75, 3.05) is 5.73 Å². The molecule has 0 spiro atoms. The first-order valence-electron chi connectivity index (χ1n) is 6.35. The zero-order valence-corrected chi connectivity index (χ0v) is 11.6. The van der Waals surface area contributed by atoms with Gasteiger partial charge in [0.2, 0.25) is 0 Å². The van der Waals surface area contributed by atoms with Gasteiger partial charge in [-0.25, -0.2) is 9.37 Å². The van der Waals surface area contributed by atoms with E-state index in [1.165, 1.54) is 23.5 Å². The second kappa shape index (κ2) is 4.23. The van der Waals surface area contributed by atoms with Crippen molar-refractivity contribution in [2.45, 2.75) is 0 Å². The summed E-state index contributed by atoms with van der Waals surface area (Å²) in [6.07, 6.45) is 0. The molecule has 0 unspecified atom stereocenters. The van der Waals surface area contributed by atoms with Gasteiger partial charge in [0.05, 0.1) is 15.6 Å². The molecule has 0 saturated carbocycles. The molecule has 0 saturated heterocycles. The molecule has 0 aliphatic carbocycles. The number of pyridine rings is 1. The first kappa shape index (κ1) is 12.2. The van der Waals surface area contributed by atoms with Gasteiger partial charge in [0.15, 0.2) is 5.43 Å². The topological polar surface area (TPSA) is 56.0 Å². The van der Waals surface area contributed by atoms with Crippen LogP contribution in [0.5, 0.6) is 0 Å². The molecule has 4 rings (SSSR count). The number of nitrogens with zero attached hydrogens (tertiary/aromatic N) is 1. The number of hydrogen-bond acceptors (Lipinski definition) is 4. The maximum atomic E-state index is 13.4. The van der Waals surface area contributed by atoms with Crippen molar-refractivity contribution in [3.05, 3.63) is 58.5 Å². The number of para-hydroxylation sites is 1. The molecule has 3 nitrogen and oxygen atoms in total. The molecular formula is C16H9FN2OS. The van der Waals surface area contributed by atoms with Gasteiger partial charge < -0.3 is 5.73 Å². The number of rotatable bonds is 0. The van der Waals surface area contributed by atoms with Crippen LogP contribution in [0.15, 0.2) is 47.3 Å². The lowest BCUT2D eigenvalue weighted by atomic mass is 10.1.